The topological polar surface area (TPSA) is 145 Å². The molecule has 10 nitrogen and oxygen atoms in total. The first-order valence-electron chi connectivity index (χ1n) is 12.2. The molecular weight excluding hydrogens is 484 g/mol. The number of aliphatic hydroxyl groups excluding tert-OH is 1. The minimum Gasteiger partial charge on any atom is -0.389 e. The summed E-state index contributed by atoms with van der Waals surface area (Å²) in [7, 11) is -3.70. The third-order valence-electron chi connectivity index (χ3n) is 5.67. The van der Waals surface area contributed by atoms with Gasteiger partial charge >= 0.3 is 6.03 Å². The maximum atomic E-state index is 13.0. The Morgan fingerprint density at radius 2 is 1.83 bits per heavy atom. The van der Waals surface area contributed by atoms with E-state index in [1.165, 1.54) is 4.90 Å². The van der Waals surface area contributed by atoms with Crippen LogP contribution in [0.5, 0.6) is 0 Å². The molecule has 0 saturated carbocycles. The van der Waals surface area contributed by atoms with Crippen LogP contribution in [0.15, 0.2) is 30.3 Å². The Hall–Kier alpha value is -2.66. The van der Waals surface area contributed by atoms with Gasteiger partial charge in [0.1, 0.15) is 11.8 Å². The maximum absolute atomic E-state index is 13.0. The lowest BCUT2D eigenvalue weighted by atomic mass is 10.00. The Balaban J connectivity index is 2.23. The van der Waals surface area contributed by atoms with Gasteiger partial charge in [0.25, 0.3) is 0 Å². The van der Waals surface area contributed by atoms with Gasteiger partial charge in [-0.25, -0.2) is 13.2 Å². The highest BCUT2D eigenvalue weighted by molar-refractivity contribution is 7.92. The first-order chi connectivity index (χ1) is 16.6. The number of amides is 4. The Labute approximate surface area is 214 Å². The van der Waals surface area contributed by atoms with Gasteiger partial charge in [-0.05, 0) is 45.1 Å². The van der Waals surface area contributed by atoms with E-state index < -0.39 is 56.9 Å². The molecule has 3 atom stereocenters. The predicted octanol–water partition coefficient (Wildman–Crippen LogP) is 0.844. The molecule has 1 aliphatic rings. The number of carbonyl (C=O) groups is 3. The molecule has 1 fully saturated rings. The van der Waals surface area contributed by atoms with Crippen molar-refractivity contribution < 1.29 is 27.9 Å². The van der Waals surface area contributed by atoms with Gasteiger partial charge in [-0.2, -0.15) is 0 Å². The van der Waals surface area contributed by atoms with Crippen molar-refractivity contribution in [2.24, 2.45) is 5.92 Å². The van der Waals surface area contributed by atoms with E-state index in [1.54, 1.807) is 0 Å². The van der Waals surface area contributed by atoms with Crippen LogP contribution in [0.4, 0.5) is 4.79 Å². The van der Waals surface area contributed by atoms with E-state index in [2.05, 4.69) is 16.0 Å². The van der Waals surface area contributed by atoms with Crippen LogP contribution in [-0.2, 0) is 25.8 Å². The van der Waals surface area contributed by atoms with Crippen molar-refractivity contribution in [3.63, 3.8) is 0 Å². The minimum atomic E-state index is -3.70. The van der Waals surface area contributed by atoms with E-state index in [0.717, 1.165) is 12.0 Å². The minimum absolute atomic E-state index is 0.0399. The zero-order chi connectivity index (χ0) is 27.1. The summed E-state index contributed by atoms with van der Waals surface area (Å²) in [4.78, 5) is 39.3. The lowest BCUT2D eigenvalue weighted by molar-refractivity contribution is -0.128. The smallest absolute Gasteiger partial charge is 0.317 e. The highest BCUT2D eigenvalue weighted by Gasteiger charge is 2.36. The molecule has 1 saturated heterocycles. The first-order valence-corrected chi connectivity index (χ1v) is 14.1. The van der Waals surface area contributed by atoms with Crippen molar-refractivity contribution in [3.05, 3.63) is 35.9 Å². The van der Waals surface area contributed by atoms with Gasteiger partial charge in [0, 0.05) is 12.1 Å². The van der Waals surface area contributed by atoms with E-state index in [4.69, 9.17) is 0 Å². The Bertz CT molecular complexity index is 1010. The quantitative estimate of drug-likeness (QED) is 0.357. The molecule has 1 heterocycles. The molecule has 36 heavy (non-hydrogen) atoms. The number of nitrogens with zero attached hydrogens (tertiary/aromatic N) is 1. The number of nitrogens with one attached hydrogen (secondary N) is 3. The van der Waals surface area contributed by atoms with E-state index in [9.17, 15) is 27.9 Å². The van der Waals surface area contributed by atoms with Gasteiger partial charge in [0.15, 0.2) is 9.84 Å². The second-order valence-electron chi connectivity index (χ2n) is 10.9. The molecule has 1 aromatic carbocycles. The van der Waals surface area contributed by atoms with Gasteiger partial charge < -0.3 is 26.0 Å². The molecule has 202 valence electrons. The highest BCUT2D eigenvalue weighted by atomic mass is 32.2. The SMILES string of the molecule is CC(C)CCN(C[C@@H](O)[C@H](Cc1ccccc1)NC(=O)[C@@H]1CS(=O)(=O)CC(=O)N1)C(=O)NC(C)(C)C. The third kappa shape index (κ3) is 10.1. The summed E-state index contributed by atoms with van der Waals surface area (Å²) in [6.07, 6.45) is -0.172. The number of urea groups is 1. The van der Waals surface area contributed by atoms with Crippen LogP contribution < -0.4 is 16.0 Å². The zero-order valence-corrected chi connectivity index (χ0v) is 22.6. The Kier molecular flexibility index (Phi) is 10.3. The van der Waals surface area contributed by atoms with Gasteiger partial charge in [0.2, 0.25) is 11.8 Å². The van der Waals surface area contributed by atoms with Crippen molar-refractivity contribution >= 4 is 27.7 Å². The van der Waals surface area contributed by atoms with Crippen molar-refractivity contribution in [1.29, 1.82) is 0 Å². The zero-order valence-electron chi connectivity index (χ0n) is 21.8. The molecule has 4 N–H and O–H groups in total. The van der Waals surface area contributed by atoms with Crippen LogP contribution in [0, 0.1) is 5.92 Å². The van der Waals surface area contributed by atoms with Crippen LogP contribution in [0.2, 0.25) is 0 Å². The van der Waals surface area contributed by atoms with E-state index >= 15 is 0 Å². The van der Waals surface area contributed by atoms with Crippen LogP contribution in [0.1, 0.15) is 46.6 Å². The van der Waals surface area contributed by atoms with Crippen molar-refractivity contribution in [3.8, 4) is 0 Å². The second kappa shape index (κ2) is 12.5. The van der Waals surface area contributed by atoms with Crippen LogP contribution in [-0.4, -0.2) is 84.6 Å². The molecule has 2 rings (SSSR count). The summed E-state index contributed by atoms with van der Waals surface area (Å²) in [5.74, 6) is -2.25. The molecule has 1 aromatic rings. The molecule has 0 aliphatic carbocycles. The molecule has 0 bridgehead atoms. The summed E-state index contributed by atoms with van der Waals surface area (Å²) >= 11 is 0. The van der Waals surface area contributed by atoms with E-state index in [1.807, 2.05) is 65.0 Å². The molecular formula is C25H40N4O6S. The second-order valence-corrected chi connectivity index (χ2v) is 13.0. The normalized spacial score (nSPS) is 19.2. The number of sulfone groups is 1. The number of rotatable bonds is 10. The Morgan fingerprint density at radius 3 is 2.39 bits per heavy atom. The molecule has 0 radical (unpaired) electrons. The average Bonchev–Trinajstić information content (AvgIpc) is 2.73. The number of aliphatic hydroxyl groups is 1. The lowest BCUT2D eigenvalue weighted by Crippen LogP contribution is -2.60. The lowest BCUT2D eigenvalue weighted by Gasteiger charge is -2.33. The fourth-order valence-electron chi connectivity index (χ4n) is 3.81. The van der Waals surface area contributed by atoms with E-state index in [0.29, 0.717) is 12.5 Å². The molecule has 0 spiro atoms. The molecule has 0 aromatic heterocycles. The fraction of sp³-hybridized carbons (Fsp3) is 0.640. The number of benzene rings is 1. The first kappa shape index (κ1) is 29.6. The summed E-state index contributed by atoms with van der Waals surface area (Å²) in [5.41, 5.74) is 0.371. The molecule has 1 aliphatic heterocycles. The standard InChI is InChI=1S/C25H40N4O6S/c1-17(2)11-12-29(24(33)28-25(3,4)5)14-21(30)19(13-18-9-7-6-8-10-18)27-23(32)20-15-36(34,35)16-22(31)26-20/h6-10,17,19-21,30H,11-16H2,1-5H3,(H,26,31)(H,27,32)(H,28,33)/t19-,20-,21+/m0/s1. The van der Waals surface area contributed by atoms with Crippen molar-refractivity contribution in [1.82, 2.24) is 20.9 Å². The highest BCUT2D eigenvalue weighted by Crippen LogP contribution is 2.12. The van der Waals surface area contributed by atoms with Gasteiger partial charge in [0.05, 0.1) is 24.4 Å². The van der Waals surface area contributed by atoms with Crippen molar-refractivity contribution in [2.45, 2.75) is 71.2 Å². The number of hydrogen-bond acceptors (Lipinski definition) is 6. The summed E-state index contributed by atoms with van der Waals surface area (Å²) in [5, 5.41) is 19.3. The summed E-state index contributed by atoms with van der Waals surface area (Å²) in [6, 6.07) is 6.82. The predicted molar refractivity (Wildman–Crippen MR) is 138 cm³/mol. The average molecular weight is 525 g/mol. The molecule has 4 amide bonds. The third-order valence-corrected chi connectivity index (χ3v) is 7.21. The number of hydrogen-bond donors (Lipinski definition) is 4. The monoisotopic (exact) mass is 524 g/mol. The summed E-state index contributed by atoms with van der Waals surface area (Å²) < 4.78 is 24.0. The van der Waals surface area contributed by atoms with Crippen molar-refractivity contribution in [2.75, 3.05) is 24.6 Å². The van der Waals surface area contributed by atoms with Crippen LogP contribution >= 0.6 is 0 Å². The van der Waals surface area contributed by atoms with E-state index in [-0.39, 0.29) is 19.0 Å². The number of carbonyl (C=O) groups excluding carboxylic acids is 3. The largest absolute Gasteiger partial charge is 0.389 e. The van der Waals surface area contributed by atoms with Gasteiger partial charge in [-0.15, -0.1) is 0 Å². The summed E-state index contributed by atoms with van der Waals surface area (Å²) in [6.45, 7) is 10.1. The van der Waals surface area contributed by atoms with Gasteiger partial charge in [-0.3, -0.25) is 9.59 Å². The Morgan fingerprint density at radius 1 is 1.19 bits per heavy atom. The molecule has 0 unspecified atom stereocenters. The van der Waals surface area contributed by atoms with Gasteiger partial charge in [-0.1, -0.05) is 44.2 Å². The molecule has 11 heteroatoms. The fourth-order valence-corrected chi connectivity index (χ4v) is 5.15. The van der Waals surface area contributed by atoms with Crippen LogP contribution in [0.3, 0.4) is 0 Å². The maximum Gasteiger partial charge on any atom is 0.317 e. The van der Waals surface area contributed by atoms with Crippen LogP contribution in [0.25, 0.3) is 0 Å².